The summed E-state index contributed by atoms with van der Waals surface area (Å²) in [5.74, 6) is 2.91. The van der Waals surface area contributed by atoms with E-state index in [4.69, 9.17) is 5.11 Å². The number of anilines is 2. The van der Waals surface area contributed by atoms with Gasteiger partial charge in [0.1, 0.15) is 17.5 Å². The first-order valence-electron chi connectivity index (χ1n) is 7.07. The highest BCUT2D eigenvalue weighted by atomic mass is 16.3. The Bertz CT molecular complexity index is 393. The number of hydrogen-bond donors (Lipinski definition) is 3. The van der Waals surface area contributed by atoms with Gasteiger partial charge in [0, 0.05) is 31.2 Å². The highest BCUT2D eigenvalue weighted by molar-refractivity contribution is 5.57. The van der Waals surface area contributed by atoms with E-state index in [-0.39, 0.29) is 6.61 Å². The van der Waals surface area contributed by atoms with Crippen LogP contribution in [0.3, 0.4) is 0 Å². The fourth-order valence-corrected chi connectivity index (χ4v) is 1.67. The summed E-state index contributed by atoms with van der Waals surface area (Å²) in [5, 5.41) is 15.5. The van der Waals surface area contributed by atoms with Crippen LogP contribution < -0.4 is 10.6 Å². The monoisotopic (exact) mass is 266 g/mol. The summed E-state index contributed by atoms with van der Waals surface area (Å²) in [6.45, 7) is 10.1. The van der Waals surface area contributed by atoms with E-state index in [0.29, 0.717) is 5.92 Å². The fourth-order valence-electron chi connectivity index (χ4n) is 1.67. The molecular formula is C14H26N4O. The Hall–Kier alpha value is -1.36. The molecule has 0 unspecified atom stereocenters. The van der Waals surface area contributed by atoms with E-state index in [1.165, 1.54) is 0 Å². The van der Waals surface area contributed by atoms with Gasteiger partial charge in [0.15, 0.2) is 0 Å². The number of aliphatic hydroxyl groups excluding tert-OH is 1. The quantitative estimate of drug-likeness (QED) is 0.631. The van der Waals surface area contributed by atoms with Crippen molar-refractivity contribution in [1.29, 1.82) is 0 Å². The van der Waals surface area contributed by atoms with Gasteiger partial charge in [-0.2, -0.15) is 0 Å². The molecule has 108 valence electrons. The second kappa shape index (κ2) is 7.94. The molecule has 19 heavy (non-hydrogen) atoms. The maximum absolute atomic E-state index is 8.84. The smallest absolute Gasteiger partial charge is 0.135 e. The highest BCUT2D eigenvalue weighted by Crippen LogP contribution is 2.23. The zero-order valence-electron chi connectivity index (χ0n) is 12.5. The molecule has 0 saturated heterocycles. The topological polar surface area (TPSA) is 70.1 Å². The summed E-state index contributed by atoms with van der Waals surface area (Å²) in [5.41, 5.74) is 1.04. The Morgan fingerprint density at radius 1 is 1.11 bits per heavy atom. The predicted molar refractivity (Wildman–Crippen MR) is 79.8 cm³/mol. The van der Waals surface area contributed by atoms with Gasteiger partial charge in [0.05, 0.1) is 0 Å². The Kier molecular flexibility index (Phi) is 6.56. The van der Waals surface area contributed by atoms with E-state index in [1.54, 1.807) is 0 Å². The molecule has 1 aromatic rings. The van der Waals surface area contributed by atoms with Crippen molar-refractivity contribution in [2.45, 2.75) is 46.5 Å². The zero-order valence-corrected chi connectivity index (χ0v) is 12.5. The lowest BCUT2D eigenvalue weighted by Gasteiger charge is -2.16. The Labute approximate surface area is 115 Å². The van der Waals surface area contributed by atoms with Crippen molar-refractivity contribution in [3.8, 4) is 0 Å². The lowest BCUT2D eigenvalue weighted by molar-refractivity contribution is 0.292. The largest absolute Gasteiger partial charge is 0.396 e. The van der Waals surface area contributed by atoms with Crippen LogP contribution in [0.1, 0.15) is 50.9 Å². The van der Waals surface area contributed by atoms with Crippen molar-refractivity contribution in [2.75, 3.05) is 30.3 Å². The van der Waals surface area contributed by atoms with Crippen LogP contribution >= 0.6 is 0 Å². The average molecular weight is 266 g/mol. The van der Waals surface area contributed by atoms with E-state index < -0.39 is 0 Å². The van der Waals surface area contributed by atoms with Crippen LogP contribution in [0.25, 0.3) is 0 Å². The lowest BCUT2D eigenvalue weighted by atomic mass is 10.2. The van der Waals surface area contributed by atoms with Gasteiger partial charge in [-0.05, 0) is 19.8 Å². The molecule has 0 aliphatic rings. The number of rotatable bonds is 8. The van der Waals surface area contributed by atoms with Gasteiger partial charge < -0.3 is 15.7 Å². The normalized spacial score (nSPS) is 10.8. The summed E-state index contributed by atoms with van der Waals surface area (Å²) in [6, 6.07) is 0. The summed E-state index contributed by atoms with van der Waals surface area (Å²) in [6.07, 6.45) is 1.78. The number of nitrogens with zero attached hydrogens (tertiary/aromatic N) is 2. The third-order valence-corrected chi connectivity index (χ3v) is 2.85. The molecule has 0 spiro atoms. The number of aliphatic hydroxyl groups is 1. The second-order valence-corrected chi connectivity index (χ2v) is 4.99. The van der Waals surface area contributed by atoms with Gasteiger partial charge >= 0.3 is 0 Å². The molecule has 1 heterocycles. The minimum Gasteiger partial charge on any atom is -0.396 e. The molecule has 1 aromatic heterocycles. The maximum atomic E-state index is 8.84. The van der Waals surface area contributed by atoms with E-state index in [0.717, 1.165) is 49.0 Å². The van der Waals surface area contributed by atoms with Crippen LogP contribution in [-0.4, -0.2) is 34.8 Å². The molecular weight excluding hydrogens is 240 g/mol. The molecule has 5 nitrogen and oxygen atoms in total. The van der Waals surface area contributed by atoms with Gasteiger partial charge in [-0.25, -0.2) is 9.97 Å². The summed E-state index contributed by atoms with van der Waals surface area (Å²) in [4.78, 5) is 9.16. The zero-order chi connectivity index (χ0) is 14.3. The molecule has 0 radical (unpaired) electrons. The molecule has 1 rings (SSSR count). The first-order valence-corrected chi connectivity index (χ1v) is 7.07. The van der Waals surface area contributed by atoms with Crippen molar-refractivity contribution in [3.05, 3.63) is 11.4 Å². The van der Waals surface area contributed by atoms with Crippen LogP contribution in [0.5, 0.6) is 0 Å². The first-order chi connectivity index (χ1) is 9.10. The van der Waals surface area contributed by atoms with Crippen LogP contribution in [-0.2, 0) is 0 Å². The lowest BCUT2D eigenvalue weighted by Crippen LogP contribution is -2.13. The van der Waals surface area contributed by atoms with Crippen LogP contribution in [0.15, 0.2) is 0 Å². The van der Waals surface area contributed by atoms with Crippen LogP contribution in [0.4, 0.5) is 11.6 Å². The molecule has 0 aromatic carbocycles. The summed E-state index contributed by atoms with van der Waals surface area (Å²) < 4.78 is 0. The van der Waals surface area contributed by atoms with Crippen molar-refractivity contribution in [1.82, 2.24) is 9.97 Å². The third kappa shape index (κ3) is 4.67. The second-order valence-electron chi connectivity index (χ2n) is 4.99. The molecule has 0 aliphatic heterocycles. The summed E-state index contributed by atoms with van der Waals surface area (Å²) >= 11 is 0. The highest BCUT2D eigenvalue weighted by Gasteiger charge is 2.12. The molecule has 5 heteroatoms. The molecule has 0 fully saturated rings. The standard InChI is InChI=1S/C14H26N4O/c1-5-7-15-13-11(4)14(16-8-6-9-19)18-12(17-13)10(2)3/h10,19H,5-9H2,1-4H3,(H2,15,16,17,18). The molecule has 0 aliphatic carbocycles. The average Bonchev–Trinajstić information content (AvgIpc) is 2.39. The van der Waals surface area contributed by atoms with E-state index in [2.05, 4.69) is 41.4 Å². The van der Waals surface area contributed by atoms with Crippen molar-refractivity contribution < 1.29 is 5.11 Å². The van der Waals surface area contributed by atoms with Gasteiger partial charge in [-0.3, -0.25) is 0 Å². The number of nitrogens with one attached hydrogen (secondary N) is 2. The first kappa shape index (κ1) is 15.7. The van der Waals surface area contributed by atoms with Crippen molar-refractivity contribution in [3.63, 3.8) is 0 Å². The molecule has 0 bridgehead atoms. The van der Waals surface area contributed by atoms with Crippen molar-refractivity contribution >= 4 is 11.6 Å². The Balaban J connectivity index is 2.95. The van der Waals surface area contributed by atoms with Gasteiger partial charge in [-0.15, -0.1) is 0 Å². The molecule has 0 saturated carbocycles. The molecule has 3 N–H and O–H groups in total. The third-order valence-electron chi connectivity index (χ3n) is 2.85. The van der Waals surface area contributed by atoms with Crippen LogP contribution in [0, 0.1) is 6.92 Å². The van der Waals surface area contributed by atoms with E-state index >= 15 is 0 Å². The van der Waals surface area contributed by atoms with Gasteiger partial charge in [0.25, 0.3) is 0 Å². The number of aromatic nitrogens is 2. The van der Waals surface area contributed by atoms with Gasteiger partial charge in [-0.1, -0.05) is 20.8 Å². The van der Waals surface area contributed by atoms with Crippen LogP contribution in [0.2, 0.25) is 0 Å². The predicted octanol–water partition coefficient (Wildman–Crippen LogP) is 2.52. The fraction of sp³-hybridized carbons (Fsp3) is 0.714. The van der Waals surface area contributed by atoms with Crippen molar-refractivity contribution in [2.24, 2.45) is 0 Å². The van der Waals surface area contributed by atoms with E-state index in [1.807, 2.05) is 6.92 Å². The summed E-state index contributed by atoms with van der Waals surface area (Å²) in [7, 11) is 0. The van der Waals surface area contributed by atoms with Gasteiger partial charge in [0.2, 0.25) is 0 Å². The Morgan fingerprint density at radius 2 is 1.68 bits per heavy atom. The molecule has 0 amide bonds. The SMILES string of the molecule is CCCNc1nc(C(C)C)nc(NCCCO)c1C. The minimum absolute atomic E-state index is 0.190. The number of hydrogen-bond acceptors (Lipinski definition) is 5. The van der Waals surface area contributed by atoms with E-state index in [9.17, 15) is 0 Å². The Morgan fingerprint density at radius 3 is 2.16 bits per heavy atom. The molecule has 0 atom stereocenters. The maximum Gasteiger partial charge on any atom is 0.135 e. The minimum atomic E-state index is 0.190.